The van der Waals surface area contributed by atoms with E-state index in [1.807, 2.05) is 36.4 Å². The molecule has 0 unspecified atom stereocenters. The molecule has 0 fully saturated rings. The van der Waals surface area contributed by atoms with Crippen LogP contribution in [0.25, 0.3) is 0 Å². The number of nitrogens with two attached hydrogens (primary N) is 1. The standard InChI is InChI=1S/C15H17N3O/c16-10-13-3-1-12(2-4-13)9-15(19)18-11-14-5-7-17-8-6-14/h1-8H,9-11,16H2,(H,18,19). The fraction of sp³-hybridized carbons (Fsp3) is 0.200. The van der Waals surface area contributed by atoms with E-state index >= 15 is 0 Å². The van der Waals surface area contributed by atoms with Gasteiger partial charge in [-0.25, -0.2) is 0 Å². The lowest BCUT2D eigenvalue weighted by atomic mass is 10.1. The van der Waals surface area contributed by atoms with Crippen LogP contribution in [0.15, 0.2) is 48.8 Å². The summed E-state index contributed by atoms with van der Waals surface area (Å²) in [5.41, 5.74) is 8.63. The molecule has 1 heterocycles. The zero-order chi connectivity index (χ0) is 13.5. The summed E-state index contributed by atoms with van der Waals surface area (Å²) in [6.07, 6.45) is 3.82. The molecule has 4 heteroatoms. The molecule has 0 spiro atoms. The van der Waals surface area contributed by atoms with Gasteiger partial charge in [0.25, 0.3) is 0 Å². The van der Waals surface area contributed by atoms with Crippen LogP contribution in [-0.2, 0) is 24.3 Å². The zero-order valence-corrected chi connectivity index (χ0v) is 10.7. The maximum absolute atomic E-state index is 11.8. The Morgan fingerprint density at radius 2 is 1.63 bits per heavy atom. The average molecular weight is 255 g/mol. The summed E-state index contributed by atoms with van der Waals surface area (Å²) < 4.78 is 0. The van der Waals surface area contributed by atoms with Crippen molar-refractivity contribution in [2.45, 2.75) is 19.5 Å². The van der Waals surface area contributed by atoms with Crippen LogP contribution in [0.2, 0.25) is 0 Å². The van der Waals surface area contributed by atoms with Gasteiger partial charge in [0, 0.05) is 25.5 Å². The number of amides is 1. The zero-order valence-electron chi connectivity index (χ0n) is 10.7. The second kappa shape index (κ2) is 6.66. The minimum Gasteiger partial charge on any atom is -0.352 e. The molecule has 0 bridgehead atoms. The summed E-state index contributed by atoms with van der Waals surface area (Å²) in [7, 11) is 0. The Morgan fingerprint density at radius 1 is 1.00 bits per heavy atom. The van der Waals surface area contributed by atoms with E-state index in [1.165, 1.54) is 0 Å². The van der Waals surface area contributed by atoms with Crippen LogP contribution in [0.1, 0.15) is 16.7 Å². The van der Waals surface area contributed by atoms with E-state index in [0.29, 0.717) is 19.5 Å². The summed E-state index contributed by atoms with van der Waals surface area (Å²) in [5.74, 6) is 0.0114. The van der Waals surface area contributed by atoms with Crippen molar-refractivity contribution in [2.75, 3.05) is 0 Å². The maximum Gasteiger partial charge on any atom is 0.224 e. The van der Waals surface area contributed by atoms with Gasteiger partial charge in [0.15, 0.2) is 0 Å². The molecule has 19 heavy (non-hydrogen) atoms. The average Bonchev–Trinajstić information content (AvgIpc) is 2.47. The van der Waals surface area contributed by atoms with Crippen LogP contribution in [0.3, 0.4) is 0 Å². The molecule has 0 saturated carbocycles. The number of pyridine rings is 1. The van der Waals surface area contributed by atoms with E-state index in [0.717, 1.165) is 16.7 Å². The number of nitrogens with zero attached hydrogens (tertiary/aromatic N) is 1. The molecule has 98 valence electrons. The first-order valence-electron chi connectivity index (χ1n) is 6.21. The molecular weight excluding hydrogens is 238 g/mol. The van der Waals surface area contributed by atoms with Gasteiger partial charge < -0.3 is 11.1 Å². The Bertz CT molecular complexity index is 523. The maximum atomic E-state index is 11.8. The van der Waals surface area contributed by atoms with Crippen LogP contribution in [0.4, 0.5) is 0 Å². The van der Waals surface area contributed by atoms with Crippen molar-refractivity contribution in [2.24, 2.45) is 5.73 Å². The van der Waals surface area contributed by atoms with E-state index in [1.54, 1.807) is 12.4 Å². The molecule has 0 radical (unpaired) electrons. The van der Waals surface area contributed by atoms with Gasteiger partial charge in [0.2, 0.25) is 5.91 Å². The smallest absolute Gasteiger partial charge is 0.224 e. The van der Waals surface area contributed by atoms with Gasteiger partial charge in [-0.15, -0.1) is 0 Å². The third kappa shape index (κ3) is 4.19. The van der Waals surface area contributed by atoms with Gasteiger partial charge in [-0.1, -0.05) is 24.3 Å². The molecule has 3 N–H and O–H groups in total. The molecule has 1 aromatic carbocycles. The van der Waals surface area contributed by atoms with Gasteiger partial charge in [-0.3, -0.25) is 9.78 Å². The van der Waals surface area contributed by atoms with E-state index < -0.39 is 0 Å². The molecule has 0 aliphatic heterocycles. The van der Waals surface area contributed by atoms with Crippen molar-refractivity contribution in [3.63, 3.8) is 0 Å². The van der Waals surface area contributed by atoms with Gasteiger partial charge in [-0.2, -0.15) is 0 Å². The number of hydrogen-bond acceptors (Lipinski definition) is 3. The van der Waals surface area contributed by atoms with E-state index in [-0.39, 0.29) is 5.91 Å². The topological polar surface area (TPSA) is 68.0 Å². The monoisotopic (exact) mass is 255 g/mol. The molecule has 0 atom stereocenters. The number of carbonyl (C=O) groups is 1. The molecule has 0 saturated heterocycles. The SMILES string of the molecule is NCc1ccc(CC(=O)NCc2ccncc2)cc1. The predicted molar refractivity (Wildman–Crippen MR) is 74.1 cm³/mol. The lowest BCUT2D eigenvalue weighted by Crippen LogP contribution is -2.24. The second-order valence-corrected chi connectivity index (χ2v) is 4.33. The van der Waals surface area contributed by atoms with Gasteiger partial charge in [0.1, 0.15) is 0 Å². The molecule has 1 amide bonds. The van der Waals surface area contributed by atoms with Gasteiger partial charge >= 0.3 is 0 Å². The summed E-state index contributed by atoms with van der Waals surface area (Å²) >= 11 is 0. The van der Waals surface area contributed by atoms with Crippen LogP contribution in [0, 0.1) is 0 Å². The molecule has 4 nitrogen and oxygen atoms in total. The number of benzene rings is 1. The first kappa shape index (κ1) is 13.2. The number of hydrogen-bond donors (Lipinski definition) is 2. The molecule has 0 aliphatic carbocycles. The van der Waals surface area contributed by atoms with Crippen LogP contribution in [0.5, 0.6) is 0 Å². The Balaban J connectivity index is 1.83. The summed E-state index contributed by atoms with van der Waals surface area (Å²) in [5, 5.41) is 2.88. The van der Waals surface area contributed by atoms with Gasteiger partial charge in [0.05, 0.1) is 6.42 Å². The number of aromatic nitrogens is 1. The highest BCUT2D eigenvalue weighted by atomic mass is 16.1. The lowest BCUT2D eigenvalue weighted by Gasteiger charge is -2.06. The normalized spacial score (nSPS) is 10.2. The molecular formula is C15H17N3O. The molecule has 2 aromatic rings. The Hall–Kier alpha value is -2.20. The van der Waals surface area contributed by atoms with E-state index in [9.17, 15) is 4.79 Å². The first-order valence-corrected chi connectivity index (χ1v) is 6.21. The first-order chi connectivity index (χ1) is 9.28. The van der Waals surface area contributed by atoms with Crippen molar-refractivity contribution >= 4 is 5.91 Å². The number of rotatable bonds is 5. The fourth-order valence-corrected chi connectivity index (χ4v) is 1.74. The van der Waals surface area contributed by atoms with Crippen molar-refractivity contribution in [1.29, 1.82) is 0 Å². The van der Waals surface area contributed by atoms with Gasteiger partial charge in [-0.05, 0) is 28.8 Å². The summed E-state index contributed by atoms with van der Waals surface area (Å²) in [6.45, 7) is 1.05. The second-order valence-electron chi connectivity index (χ2n) is 4.33. The van der Waals surface area contributed by atoms with E-state index in [4.69, 9.17) is 5.73 Å². The van der Waals surface area contributed by atoms with Crippen LogP contribution < -0.4 is 11.1 Å². The van der Waals surface area contributed by atoms with Crippen LogP contribution >= 0.6 is 0 Å². The predicted octanol–water partition coefficient (Wildman–Crippen LogP) is 1.40. The van der Waals surface area contributed by atoms with Crippen LogP contribution in [-0.4, -0.2) is 10.9 Å². The minimum absolute atomic E-state index is 0.0114. The largest absolute Gasteiger partial charge is 0.352 e. The highest BCUT2D eigenvalue weighted by Crippen LogP contribution is 2.04. The Kier molecular flexibility index (Phi) is 4.64. The highest BCUT2D eigenvalue weighted by Gasteiger charge is 2.03. The molecule has 0 aliphatic rings. The van der Waals surface area contributed by atoms with Crippen molar-refractivity contribution in [1.82, 2.24) is 10.3 Å². The summed E-state index contributed by atoms with van der Waals surface area (Å²) in [4.78, 5) is 15.7. The van der Waals surface area contributed by atoms with E-state index in [2.05, 4.69) is 10.3 Å². The molecule has 2 rings (SSSR count). The minimum atomic E-state index is 0.0114. The Labute approximate surface area is 112 Å². The van der Waals surface area contributed by atoms with Crippen molar-refractivity contribution < 1.29 is 4.79 Å². The summed E-state index contributed by atoms with van der Waals surface area (Å²) in [6, 6.07) is 11.5. The van der Waals surface area contributed by atoms with Crippen molar-refractivity contribution in [3.8, 4) is 0 Å². The number of nitrogens with one attached hydrogen (secondary N) is 1. The van der Waals surface area contributed by atoms with Crippen molar-refractivity contribution in [3.05, 3.63) is 65.5 Å². The third-order valence-corrected chi connectivity index (χ3v) is 2.86. The fourth-order valence-electron chi connectivity index (χ4n) is 1.74. The molecule has 1 aromatic heterocycles. The lowest BCUT2D eigenvalue weighted by molar-refractivity contribution is -0.120. The number of carbonyl (C=O) groups excluding carboxylic acids is 1. The highest BCUT2D eigenvalue weighted by molar-refractivity contribution is 5.78. The Morgan fingerprint density at radius 3 is 2.26 bits per heavy atom. The third-order valence-electron chi connectivity index (χ3n) is 2.86. The quantitative estimate of drug-likeness (QED) is 0.848.